The summed E-state index contributed by atoms with van der Waals surface area (Å²) in [6.45, 7) is 6.18. The maximum absolute atomic E-state index is 4.40. The van der Waals surface area contributed by atoms with Crippen LogP contribution in [0.1, 0.15) is 11.4 Å². The van der Waals surface area contributed by atoms with Gasteiger partial charge in [-0.25, -0.2) is 0 Å². The van der Waals surface area contributed by atoms with Crippen LogP contribution in [0, 0.1) is 13.8 Å². The Morgan fingerprint density at radius 1 is 1.38 bits per heavy atom. The number of anilines is 1. The number of rotatable bonds is 2. The third kappa shape index (κ3) is 1.80. The van der Waals surface area contributed by atoms with Gasteiger partial charge in [-0.3, -0.25) is 4.98 Å². The fourth-order valence-electron chi connectivity index (χ4n) is 1.45. The van der Waals surface area contributed by atoms with Crippen molar-refractivity contribution in [1.82, 2.24) is 10.3 Å². The van der Waals surface area contributed by atoms with Crippen molar-refractivity contribution < 1.29 is 0 Å². The van der Waals surface area contributed by atoms with E-state index in [1.807, 2.05) is 19.9 Å². The quantitative estimate of drug-likeness (QED) is 0.710. The van der Waals surface area contributed by atoms with Gasteiger partial charge in [0.1, 0.15) is 0 Å². The minimum Gasteiger partial charge on any atom is -0.378 e. The molecule has 1 fully saturated rings. The molecule has 1 aromatic heterocycles. The van der Waals surface area contributed by atoms with Gasteiger partial charge in [0, 0.05) is 18.8 Å². The first-order valence-corrected chi connectivity index (χ1v) is 4.67. The monoisotopic (exact) mass is 177 g/mol. The lowest BCUT2D eigenvalue weighted by molar-refractivity contribution is 0.472. The number of hydrogen-bond acceptors (Lipinski definition) is 3. The van der Waals surface area contributed by atoms with E-state index in [1.54, 1.807) is 0 Å². The summed E-state index contributed by atoms with van der Waals surface area (Å²) in [5, 5.41) is 6.68. The number of pyridine rings is 1. The molecule has 0 atom stereocenters. The molecule has 0 aliphatic carbocycles. The predicted octanol–water partition coefficient (Wildman–Crippen LogP) is 1.08. The van der Waals surface area contributed by atoms with E-state index in [0.717, 1.165) is 30.2 Å². The molecule has 0 spiro atoms. The Balaban J connectivity index is 2.10. The van der Waals surface area contributed by atoms with E-state index in [0.29, 0.717) is 6.04 Å². The van der Waals surface area contributed by atoms with Crippen molar-refractivity contribution in [3.63, 3.8) is 0 Å². The smallest absolute Gasteiger partial charge is 0.0607 e. The van der Waals surface area contributed by atoms with Crippen molar-refractivity contribution in [2.75, 3.05) is 18.4 Å². The second kappa shape index (κ2) is 3.34. The normalized spacial score (nSPS) is 16.8. The van der Waals surface area contributed by atoms with E-state index < -0.39 is 0 Å². The lowest BCUT2D eigenvalue weighted by Gasteiger charge is -2.29. The van der Waals surface area contributed by atoms with Gasteiger partial charge in [-0.1, -0.05) is 0 Å². The van der Waals surface area contributed by atoms with Gasteiger partial charge in [0.15, 0.2) is 0 Å². The maximum Gasteiger partial charge on any atom is 0.0607 e. The summed E-state index contributed by atoms with van der Waals surface area (Å²) in [6, 6.07) is 4.74. The van der Waals surface area contributed by atoms with E-state index in [2.05, 4.69) is 21.7 Å². The molecule has 1 aliphatic heterocycles. The molecular formula is C10H15N3. The zero-order valence-corrected chi connectivity index (χ0v) is 8.09. The Hall–Kier alpha value is -1.09. The van der Waals surface area contributed by atoms with Crippen LogP contribution in [-0.2, 0) is 0 Å². The summed E-state index contributed by atoms with van der Waals surface area (Å²) in [5.41, 5.74) is 3.33. The van der Waals surface area contributed by atoms with Crippen LogP contribution in [-0.4, -0.2) is 24.1 Å². The molecule has 0 radical (unpaired) electrons. The standard InChI is InChI=1S/C10H15N3/c1-7-3-4-10(8(2)12-7)13-9-5-11-6-9/h3-4,9,11,13H,5-6H2,1-2H3. The Morgan fingerprint density at radius 3 is 2.69 bits per heavy atom. The number of hydrogen-bond donors (Lipinski definition) is 2. The van der Waals surface area contributed by atoms with Crippen LogP contribution in [0.3, 0.4) is 0 Å². The second-order valence-corrected chi connectivity index (χ2v) is 3.59. The lowest BCUT2D eigenvalue weighted by Crippen LogP contribution is -2.51. The molecule has 0 unspecified atom stereocenters. The van der Waals surface area contributed by atoms with Crippen LogP contribution < -0.4 is 10.6 Å². The zero-order valence-electron chi connectivity index (χ0n) is 8.09. The van der Waals surface area contributed by atoms with Crippen molar-refractivity contribution in [3.05, 3.63) is 23.5 Å². The Bertz CT molecular complexity index is 305. The van der Waals surface area contributed by atoms with E-state index in [4.69, 9.17) is 0 Å². The van der Waals surface area contributed by atoms with Gasteiger partial charge in [0.05, 0.1) is 17.4 Å². The predicted molar refractivity (Wildman–Crippen MR) is 54.0 cm³/mol. The molecular weight excluding hydrogens is 162 g/mol. The Morgan fingerprint density at radius 2 is 2.15 bits per heavy atom. The molecule has 0 amide bonds. The highest BCUT2D eigenvalue weighted by atomic mass is 15.1. The molecule has 70 valence electrons. The minimum absolute atomic E-state index is 0.586. The Labute approximate surface area is 78.6 Å². The zero-order chi connectivity index (χ0) is 9.26. The van der Waals surface area contributed by atoms with Crippen molar-refractivity contribution in [2.24, 2.45) is 0 Å². The van der Waals surface area contributed by atoms with Crippen molar-refractivity contribution >= 4 is 5.69 Å². The van der Waals surface area contributed by atoms with Gasteiger partial charge in [0.2, 0.25) is 0 Å². The van der Waals surface area contributed by atoms with Gasteiger partial charge in [0.25, 0.3) is 0 Å². The molecule has 3 heteroatoms. The number of nitrogens with one attached hydrogen (secondary N) is 2. The van der Waals surface area contributed by atoms with Crippen LogP contribution in [0.15, 0.2) is 12.1 Å². The van der Waals surface area contributed by atoms with E-state index in [9.17, 15) is 0 Å². The average molecular weight is 177 g/mol. The molecule has 2 N–H and O–H groups in total. The lowest BCUT2D eigenvalue weighted by atomic mass is 10.1. The van der Waals surface area contributed by atoms with Gasteiger partial charge in [-0.2, -0.15) is 0 Å². The number of nitrogens with zero attached hydrogens (tertiary/aromatic N) is 1. The molecule has 2 heterocycles. The van der Waals surface area contributed by atoms with E-state index in [1.165, 1.54) is 0 Å². The molecule has 13 heavy (non-hydrogen) atoms. The molecule has 0 bridgehead atoms. The van der Waals surface area contributed by atoms with Crippen molar-refractivity contribution in [2.45, 2.75) is 19.9 Å². The first-order valence-electron chi connectivity index (χ1n) is 4.67. The summed E-state index contributed by atoms with van der Waals surface area (Å²) in [5.74, 6) is 0. The molecule has 0 saturated carbocycles. The van der Waals surface area contributed by atoms with Crippen molar-refractivity contribution in [3.8, 4) is 0 Å². The third-order valence-electron chi connectivity index (χ3n) is 2.37. The Kier molecular flexibility index (Phi) is 2.19. The molecule has 0 aromatic carbocycles. The molecule has 1 saturated heterocycles. The third-order valence-corrected chi connectivity index (χ3v) is 2.37. The summed E-state index contributed by atoms with van der Waals surface area (Å²) < 4.78 is 0. The fourth-order valence-corrected chi connectivity index (χ4v) is 1.45. The first kappa shape index (κ1) is 8.51. The highest BCUT2D eigenvalue weighted by molar-refractivity contribution is 5.49. The first-order chi connectivity index (χ1) is 6.25. The molecule has 1 aliphatic rings. The van der Waals surface area contributed by atoms with Crippen LogP contribution in [0.2, 0.25) is 0 Å². The average Bonchev–Trinajstić information content (AvgIpc) is 1.99. The van der Waals surface area contributed by atoms with Crippen LogP contribution >= 0.6 is 0 Å². The second-order valence-electron chi connectivity index (χ2n) is 3.59. The van der Waals surface area contributed by atoms with Crippen LogP contribution in [0.4, 0.5) is 5.69 Å². The SMILES string of the molecule is Cc1ccc(NC2CNC2)c(C)n1. The largest absolute Gasteiger partial charge is 0.378 e. The molecule has 3 nitrogen and oxygen atoms in total. The molecule has 1 aromatic rings. The van der Waals surface area contributed by atoms with Gasteiger partial charge < -0.3 is 10.6 Å². The highest BCUT2D eigenvalue weighted by Gasteiger charge is 2.16. The van der Waals surface area contributed by atoms with Crippen molar-refractivity contribution in [1.29, 1.82) is 0 Å². The molecule has 2 rings (SSSR count). The van der Waals surface area contributed by atoms with Crippen LogP contribution in [0.25, 0.3) is 0 Å². The highest BCUT2D eigenvalue weighted by Crippen LogP contribution is 2.14. The number of aryl methyl sites for hydroxylation is 2. The summed E-state index contributed by atoms with van der Waals surface area (Å²) >= 11 is 0. The van der Waals surface area contributed by atoms with Gasteiger partial charge in [-0.05, 0) is 26.0 Å². The summed E-state index contributed by atoms with van der Waals surface area (Å²) in [6.07, 6.45) is 0. The maximum atomic E-state index is 4.40. The fraction of sp³-hybridized carbons (Fsp3) is 0.500. The summed E-state index contributed by atoms with van der Waals surface area (Å²) in [7, 11) is 0. The van der Waals surface area contributed by atoms with Crippen LogP contribution in [0.5, 0.6) is 0 Å². The number of aromatic nitrogens is 1. The topological polar surface area (TPSA) is 37.0 Å². The minimum atomic E-state index is 0.586. The summed E-state index contributed by atoms with van der Waals surface area (Å²) in [4.78, 5) is 4.40. The van der Waals surface area contributed by atoms with E-state index >= 15 is 0 Å². The van der Waals surface area contributed by atoms with E-state index in [-0.39, 0.29) is 0 Å². The van der Waals surface area contributed by atoms with Gasteiger partial charge >= 0.3 is 0 Å². The van der Waals surface area contributed by atoms with Gasteiger partial charge in [-0.15, -0.1) is 0 Å².